The number of β-amino-alcohol motifs (C(OH)–C–C–N with tert-alkyl or cyclic N) is 2. The minimum Gasteiger partial charge on any atom is -0.388 e. The van der Waals surface area contributed by atoms with Gasteiger partial charge in [-0.3, -0.25) is 10.6 Å². The first-order valence-electron chi connectivity index (χ1n) is 5.34. The van der Waals surface area contributed by atoms with E-state index >= 15 is 0 Å². The Morgan fingerprint density at radius 2 is 1.76 bits per heavy atom. The van der Waals surface area contributed by atoms with E-state index in [2.05, 4.69) is 5.43 Å². The molecular formula is C11H15N3O3. The summed E-state index contributed by atoms with van der Waals surface area (Å²) in [5.41, 5.74) is 3.69. The van der Waals surface area contributed by atoms with Gasteiger partial charge in [0.15, 0.2) is 0 Å². The van der Waals surface area contributed by atoms with E-state index in [1.54, 1.807) is 24.3 Å². The third-order valence-corrected chi connectivity index (χ3v) is 2.84. The fourth-order valence-corrected chi connectivity index (χ4v) is 1.83. The summed E-state index contributed by atoms with van der Waals surface area (Å²) >= 11 is 0. The van der Waals surface area contributed by atoms with Gasteiger partial charge in [0.25, 0.3) is 5.91 Å². The lowest BCUT2D eigenvalue weighted by Crippen LogP contribution is -2.29. The van der Waals surface area contributed by atoms with Crippen molar-refractivity contribution >= 4 is 11.6 Å². The van der Waals surface area contributed by atoms with Gasteiger partial charge in [-0.2, -0.15) is 0 Å². The van der Waals surface area contributed by atoms with Crippen LogP contribution in [0.15, 0.2) is 24.3 Å². The van der Waals surface area contributed by atoms with Crippen LogP contribution in [-0.2, 0) is 0 Å². The van der Waals surface area contributed by atoms with Gasteiger partial charge in [0, 0.05) is 24.3 Å². The molecule has 0 aliphatic carbocycles. The fraction of sp³-hybridized carbons (Fsp3) is 0.364. The number of likely N-dealkylation sites (tertiary alicyclic amines) is 1. The molecule has 1 aromatic rings. The molecule has 0 radical (unpaired) electrons. The number of hydrogen-bond acceptors (Lipinski definition) is 5. The molecule has 92 valence electrons. The Labute approximate surface area is 98.6 Å². The zero-order valence-corrected chi connectivity index (χ0v) is 9.21. The second-order valence-electron chi connectivity index (χ2n) is 4.07. The van der Waals surface area contributed by atoms with Gasteiger partial charge >= 0.3 is 0 Å². The standard InChI is InChI=1S/C11H15N3O3/c12-13-8-3-1-7(2-4-8)11(17)14-5-9(15)10(16)6-14/h1-4,9-10,13,15-16H,5-6,12H2. The summed E-state index contributed by atoms with van der Waals surface area (Å²) < 4.78 is 0. The molecule has 5 N–H and O–H groups in total. The topological polar surface area (TPSA) is 98.8 Å². The lowest BCUT2D eigenvalue weighted by atomic mass is 10.2. The van der Waals surface area contributed by atoms with E-state index in [-0.39, 0.29) is 19.0 Å². The summed E-state index contributed by atoms with van der Waals surface area (Å²) in [5.74, 6) is 5.02. The summed E-state index contributed by atoms with van der Waals surface area (Å²) in [4.78, 5) is 13.4. The Balaban J connectivity index is 2.09. The van der Waals surface area contributed by atoms with Crippen molar-refractivity contribution in [3.8, 4) is 0 Å². The van der Waals surface area contributed by atoms with Crippen molar-refractivity contribution in [3.63, 3.8) is 0 Å². The minimum absolute atomic E-state index is 0.164. The smallest absolute Gasteiger partial charge is 0.254 e. The van der Waals surface area contributed by atoms with E-state index in [1.165, 1.54) is 4.90 Å². The number of hydrogen-bond donors (Lipinski definition) is 4. The van der Waals surface area contributed by atoms with Crippen molar-refractivity contribution in [1.29, 1.82) is 0 Å². The van der Waals surface area contributed by atoms with Crippen molar-refractivity contribution in [2.24, 2.45) is 5.84 Å². The summed E-state index contributed by atoms with van der Waals surface area (Å²) in [5, 5.41) is 18.8. The van der Waals surface area contributed by atoms with Crippen molar-refractivity contribution in [1.82, 2.24) is 4.90 Å². The van der Waals surface area contributed by atoms with Crippen molar-refractivity contribution in [2.75, 3.05) is 18.5 Å². The zero-order chi connectivity index (χ0) is 12.4. The SMILES string of the molecule is NNc1ccc(C(=O)N2CC(O)C(O)C2)cc1. The predicted molar refractivity (Wildman–Crippen MR) is 62.2 cm³/mol. The molecule has 2 unspecified atom stereocenters. The molecule has 1 aromatic carbocycles. The van der Waals surface area contributed by atoms with Crippen LogP contribution in [0.1, 0.15) is 10.4 Å². The molecule has 0 aromatic heterocycles. The van der Waals surface area contributed by atoms with Crippen LogP contribution in [-0.4, -0.2) is 46.3 Å². The van der Waals surface area contributed by atoms with E-state index in [0.717, 1.165) is 0 Å². The van der Waals surface area contributed by atoms with Gasteiger partial charge in [0.2, 0.25) is 0 Å². The number of nitrogens with zero attached hydrogens (tertiary/aromatic N) is 1. The van der Waals surface area contributed by atoms with Gasteiger partial charge in [-0.05, 0) is 24.3 Å². The molecular weight excluding hydrogens is 222 g/mol. The maximum absolute atomic E-state index is 12.0. The van der Waals surface area contributed by atoms with E-state index in [9.17, 15) is 15.0 Å². The molecule has 0 bridgehead atoms. The molecule has 1 amide bonds. The monoisotopic (exact) mass is 237 g/mol. The summed E-state index contributed by atoms with van der Waals surface area (Å²) in [6.07, 6.45) is -1.71. The third-order valence-electron chi connectivity index (χ3n) is 2.84. The summed E-state index contributed by atoms with van der Waals surface area (Å²) in [6.45, 7) is 0.327. The molecule has 6 nitrogen and oxygen atoms in total. The Morgan fingerprint density at radius 1 is 1.24 bits per heavy atom. The first kappa shape index (κ1) is 11.8. The number of aliphatic hydroxyl groups excluding tert-OH is 2. The number of hydrazine groups is 1. The van der Waals surface area contributed by atoms with Gasteiger partial charge < -0.3 is 20.5 Å². The first-order chi connectivity index (χ1) is 8.11. The van der Waals surface area contributed by atoms with Crippen LogP contribution in [0, 0.1) is 0 Å². The first-order valence-corrected chi connectivity index (χ1v) is 5.34. The van der Waals surface area contributed by atoms with Gasteiger partial charge in [-0.25, -0.2) is 0 Å². The maximum Gasteiger partial charge on any atom is 0.254 e. The zero-order valence-electron chi connectivity index (χ0n) is 9.21. The largest absolute Gasteiger partial charge is 0.388 e. The predicted octanol–water partition coefficient (Wildman–Crippen LogP) is -0.850. The molecule has 1 aliphatic heterocycles. The molecule has 2 rings (SSSR count). The average molecular weight is 237 g/mol. The molecule has 17 heavy (non-hydrogen) atoms. The number of carbonyl (C=O) groups excluding carboxylic acids is 1. The third kappa shape index (κ3) is 2.38. The summed E-state index contributed by atoms with van der Waals surface area (Å²) in [6, 6.07) is 6.68. The van der Waals surface area contributed by atoms with E-state index < -0.39 is 12.2 Å². The van der Waals surface area contributed by atoms with Crippen molar-refractivity contribution < 1.29 is 15.0 Å². The highest BCUT2D eigenvalue weighted by atomic mass is 16.3. The van der Waals surface area contributed by atoms with Crippen LogP contribution in [0.5, 0.6) is 0 Å². The van der Waals surface area contributed by atoms with Gasteiger partial charge in [-0.1, -0.05) is 0 Å². The average Bonchev–Trinajstić information content (AvgIpc) is 2.69. The van der Waals surface area contributed by atoms with Crippen LogP contribution in [0.25, 0.3) is 0 Å². The van der Waals surface area contributed by atoms with Crippen molar-refractivity contribution in [3.05, 3.63) is 29.8 Å². The minimum atomic E-state index is -0.857. The lowest BCUT2D eigenvalue weighted by molar-refractivity contribution is 0.0572. The van der Waals surface area contributed by atoms with Crippen LogP contribution >= 0.6 is 0 Å². The summed E-state index contributed by atoms with van der Waals surface area (Å²) in [7, 11) is 0. The van der Waals surface area contributed by atoms with Gasteiger partial charge in [0.1, 0.15) is 0 Å². The number of rotatable bonds is 2. The molecule has 0 saturated carbocycles. The lowest BCUT2D eigenvalue weighted by Gasteiger charge is -2.15. The van der Waals surface area contributed by atoms with Crippen LogP contribution in [0.2, 0.25) is 0 Å². The number of benzene rings is 1. The molecule has 0 spiro atoms. The van der Waals surface area contributed by atoms with Crippen LogP contribution in [0.3, 0.4) is 0 Å². The molecule has 1 fully saturated rings. The van der Waals surface area contributed by atoms with Gasteiger partial charge in [-0.15, -0.1) is 0 Å². The maximum atomic E-state index is 12.0. The second kappa shape index (κ2) is 4.70. The second-order valence-corrected chi connectivity index (χ2v) is 4.07. The molecule has 1 saturated heterocycles. The number of carbonyl (C=O) groups is 1. The molecule has 1 aliphatic rings. The number of nitrogen functional groups attached to an aromatic ring is 1. The van der Waals surface area contributed by atoms with E-state index in [1.807, 2.05) is 0 Å². The Kier molecular flexibility index (Phi) is 3.28. The molecule has 1 heterocycles. The normalized spacial score (nSPS) is 23.8. The fourth-order valence-electron chi connectivity index (χ4n) is 1.83. The number of anilines is 1. The number of aliphatic hydroxyl groups is 2. The highest BCUT2D eigenvalue weighted by molar-refractivity contribution is 5.94. The number of nitrogens with two attached hydrogens (primary N) is 1. The molecule has 2 atom stereocenters. The highest BCUT2D eigenvalue weighted by Crippen LogP contribution is 2.15. The van der Waals surface area contributed by atoms with Crippen LogP contribution < -0.4 is 11.3 Å². The number of amides is 1. The Hall–Kier alpha value is -1.63. The van der Waals surface area contributed by atoms with Crippen molar-refractivity contribution in [2.45, 2.75) is 12.2 Å². The van der Waals surface area contributed by atoms with E-state index in [4.69, 9.17) is 5.84 Å². The van der Waals surface area contributed by atoms with Crippen LogP contribution in [0.4, 0.5) is 5.69 Å². The van der Waals surface area contributed by atoms with E-state index in [0.29, 0.717) is 11.3 Å². The van der Waals surface area contributed by atoms with Gasteiger partial charge in [0.05, 0.1) is 12.2 Å². The number of nitrogens with one attached hydrogen (secondary N) is 1. The quantitative estimate of drug-likeness (QED) is 0.397. The Morgan fingerprint density at radius 3 is 2.24 bits per heavy atom. The Bertz CT molecular complexity index is 397. The molecule has 6 heteroatoms. The highest BCUT2D eigenvalue weighted by Gasteiger charge is 2.32.